The van der Waals surface area contributed by atoms with Crippen LogP contribution in [-0.2, 0) is 20.8 Å². The van der Waals surface area contributed by atoms with Crippen molar-refractivity contribution in [1.82, 2.24) is 9.88 Å². The molecular weight excluding hydrogens is 416 g/mol. The number of benzene rings is 1. The van der Waals surface area contributed by atoms with Gasteiger partial charge in [0.05, 0.1) is 19.3 Å². The van der Waals surface area contributed by atoms with Crippen molar-refractivity contribution in [2.75, 3.05) is 26.4 Å². The summed E-state index contributed by atoms with van der Waals surface area (Å²) >= 11 is 0. The fourth-order valence-electron chi connectivity index (χ4n) is 5.06. The monoisotopic (exact) mass is 452 g/mol. The molecule has 1 saturated carbocycles. The molecular formula is C27H36N2O4. The molecule has 6 nitrogen and oxygen atoms in total. The van der Waals surface area contributed by atoms with Gasteiger partial charge in [0, 0.05) is 24.3 Å². The summed E-state index contributed by atoms with van der Waals surface area (Å²) in [6.45, 7) is 5.03. The van der Waals surface area contributed by atoms with Crippen LogP contribution in [0.5, 0.6) is 5.88 Å². The zero-order valence-corrected chi connectivity index (χ0v) is 19.7. The molecule has 0 spiro atoms. The first-order chi connectivity index (χ1) is 16.2. The maximum atomic E-state index is 11.7. The summed E-state index contributed by atoms with van der Waals surface area (Å²) in [7, 11) is 0. The predicted molar refractivity (Wildman–Crippen MR) is 127 cm³/mol. The van der Waals surface area contributed by atoms with Gasteiger partial charge >= 0.3 is 5.97 Å². The largest absolute Gasteiger partial charge is 0.465 e. The second kappa shape index (κ2) is 12.1. The van der Waals surface area contributed by atoms with E-state index in [1.54, 1.807) is 13.1 Å². The van der Waals surface area contributed by atoms with Gasteiger partial charge < -0.3 is 14.2 Å². The molecule has 33 heavy (non-hydrogen) atoms. The molecule has 1 aliphatic heterocycles. The summed E-state index contributed by atoms with van der Waals surface area (Å²) in [6, 6.07) is 15.3. The van der Waals surface area contributed by atoms with Crippen molar-refractivity contribution in [3.8, 4) is 5.88 Å². The number of ether oxygens (including phenoxy) is 3. The number of rotatable bonds is 10. The van der Waals surface area contributed by atoms with Gasteiger partial charge in [0.25, 0.3) is 0 Å². The molecule has 178 valence electrons. The van der Waals surface area contributed by atoms with E-state index < -0.39 is 0 Å². The first-order valence-corrected chi connectivity index (χ1v) is 12.4. The zero-order chi connectivity index (χ0) is 22.9. The molecule has 0 N–H and O–H groups in total. The smallest absolute Gasteiger partial charge is 0.344 e. The number of nitrogens with zero attached hydrogens (tertiary/aromatic N) is 2. The summed E-state index contributed by atoms with van der Waals surface area (Å²) in [5.74, 6) is 0.577. The highest BCUT2D eigenvalue weighted by atomic mass is 16.6. The number of carbonyl (C=O) groups excluding carboxylic acids is 1. The predicted octanol–water partition coefficient (Wildman–Crippen LogP) is 4.73. The van der Waals surface area contributed by atoms with Gasteiger partial charge in [-0.25, -0.2) is 9.78 Å². The van der Waals surface area contributed by atoms with Gasteiger partial charge in [-0.15, -0.1) is 0 Å². The lowest BCUT2D eigenvalue weighted by atomic mass is 9.83. The Kier molecular flexibility index (Phi) is 8.72. The van der Waals surface area contributed by atoms with Gasteiger partial charge in [-0.3, -0.25) is 4.90 Å². The van der Waals surface area contributed by atoms with Gasteiger partial charge in [0.15, 0.2) is 6.61 Å². The Morgan fingerprint density at radius 1 is 1.06 bits per heavy atom. The Morgan fingerprint density at radius 2 is 1.88 bits per heavy atom. The Bertz CT molecular complexity index is 867. The normalized spacial score (nSPS) is 23.4. The molecule has 1 atom stereocenters. The van der Waals surface area contributed by atoms with Gasteiger partial charge in [0.2, 0.25) is 5.88 Å². The minimum atomic E-state index is -0.362. The molecule has 4 rings (SSSR count). The fourth-order valence-corrected chi connectivity index (χ4v) is 5.06. The molecule has 0 amide bonds. The standard InChI is InChI=1S/C27H36N2O4/c1-2-31-26(30)20-33-27-25(11-6-16-28-27)22-12-14-24(15-13-22)32-19-23-10-7-17-29(23)18-21-8-4-3-5-9-21/h3-6,8-9,11,16,22-24H,2,7,10,12-15,17-20H2,1H3. The molecule has 0 bridgehead atoms. The Labute approximate surface area is 197 Å². The van der Waals surface area contributed by atoms with E-state index in [0.29, 0.717) is 30.6 Å². The fraction of sp³-hybridized carbons (Fsp3) is 0.556. The van der Waals surface area contributed by atoms with Crippen LogP contribution in [-0.4, -0.2) is 54.4 Å². The lowest BCUT2D eigenvalue weighted by Crippen LogP contribution is -2.34. The van der Waals surface area contributed by atoms with Crippen molar-refractivity contribution < 1.29 is 19.0 Å². The Morgan fingerprint density at radius 3 is 2.67 bits per heavy atom. The number of hydrogen-bond donors (Lipinski definition) is 0. The van der Waals surface area contributed by atoms with Crippen molar-refractivity contribution in [3.05, 3.63) is 59.8 Å². The summed E-state index contributed by atoms with van der Waals surface area (Å²) in [4.78, 5) is 18.6. The molecule has 6 heteroatoms. The highest BCUT2D eigenvalue weighted by molar-refractivity contribution is 5.71. The summed E-state index contributed by atoms with van der Waals surface area (Å²) in [6.07, 6.45) is 8.68. The Balaban J connectivity index is 1.24. The number of likely N-dealkylation sites (tertiary alicyclic amines) is 1. The zero-order valence-electron chi connectivity index (χ0n) is 19.7. The molecule has 2 heterocycles. The summed E-state index contributed by atoms with van der Waals surface area (Å²) in [5, 5.41) is 0. The second-order valence-electron chi connectivity index (χ2n) is 9.05. The van der Waals surface area contributed by atoms with E-state index in [1.807, 2.05) is 6.07 Å². The molecule has 2 aromatic rings. The van der Waals surface area contributed by atoms with E-state index in [-0.39, 0.29) is 12.6 Å². The minimum Gasteiger partial charge on any atom is -0.465 e. The maximum absolute atomic E-state index is 11.7. The molecule has 0 radical (unpaired) electrons. The lowest BCUT2D eigenvalue weighted by molar-refractivity contribution is -0.145. The summed E-state index contributed by atoms with van der Waals surface area (Å²) < 4.78 is 17.1. The van der Waals surface area contributed by atoms with E-state index >= 15 is 0 Å². The average molecular weight is 453 g/mol. The van der Waals surface area contributed by atoms with E-state index in [1.165, 1.54) is 18.4 Å². The highest BCUT2D eigenvalue weighted by Crippen LogP contribution is 2.37. The number of carbonyl (C=O) groups is 1. The number of hydrogen-bond acceptors (Lipinski definition) is 6. The van der Waals surface area contributed by atoms with Gasteiger partial charge in [-0.05, 0) is 69.5 Å². The van der Waals surface area contributed by atoms with Crippen LogP contribution in [0.25, 0.3) is 0 Å². The first kappa shape index (κ1) is 23.7. The van der Waals surface area contributed by atoms with E-state index in [4.69, 9.17) is 14.2 Å². The molecule has 1 aliphatic carbocycles. The van der Waals surface area contributed by atoms with Gasteiger partial charge in [0.1, 0.15) is 0 Å². The average Bonchev–Trinajstić information content (AvgIpc) is 3.29. The van der Waals surface area contributed by atoms with Crippen LogP contribution >= 0.6 is 0 Å². The van der Waals surface area contributed by atoms with Crippen molar-refractivity contribution in [1.29, 1.82) is 0 Å². The third-order valence-corrected chi connectivity index (χ3v) is 6.80. The SMILES string of the molecule is CCOC(=O)COc1ncccc1C1CCC(OCC2CCCN2Cc2ccccc2)CC1. The van der Waals surface area contributed by atoms with E-state index in [9.17, 15) is 4.79 Å². The molecule has 1 aromatic carbocycles. The third kappa shape index (κ3) is 6.78. The van der Waals surface area contributed by atoms with Crippen molar-refractivity contribution in [2.24, 2.45) is 0 Å². The van der Waals surface area contributed by atoms with Crippen molar-refractivity contribution in [3.63, 3.8) is 0 Å². The molecule has 1 unspecified atom stereocenters. The van der Waals surface area contributed by atoms with Crippen LogP contribution in [0, 0.1) is 0 Å². The van der Waals surface area contributed by atoms with Gasteiger partial charge in [-0.1, -0.05) is 36.4 Å². The summed E-state index contributed by atoms with van der Waals surface area (Å²) in [5.41, 5.74) is 2.47. The highest BCUT2D eigenvalue weighted by Gasteiger charge is 2.29. The Hall–Kier alpha value is -2.44. The van der Waals surface area contributed by atoms with Crippen LogP contribution in [0.4, 0.5) is 0 Å². The first-order valence-electron chi connectivity index (χ1n) is 12.4. The van der Waals surface area contributed by atoms with Crippen molar-refractivity contribution in [2.45, 2.75) is 70.1 Å². The second-order valence-corrected chi connectivity index (χ2v) is 9.05. The van der Waals surface area contributed by atoms with Crippen LogP contribution in [0.15, 0.2) is 48.7 Å². The van der Waals surface area contributed by atoms with Crippen molar-refractivity contribution >= 4 is 5.97 Å². The molecule has 2 aliphatic rings. The third-order valence-electron chi connectivity index (χ3n) is 6.80. The number of aromatic nitrogens is 1. The van der Waals surface area contributed by atoms with Crippen LogP contribution < -0.4 is 4.74 Å². The minimum absolute atomic E-state index is 0.100. The van der Waals surface area contributed by atoms with Crippen LogP contribution in [0.3, 0.4) is 0 Å². The number of esters is 1. The molecule has 1 aromatic heterocycles. The molecule has 2 fully saturated rings. The van der Waals surface area contributed by atoms with E-state index in [2.05, 4.69) is 46.3 Å². The quantitative estimate of drug-likeness (QED) is 0.486. The topological polar surface area (TPSA) is 60.9 Å². The van der Waals surface area contributed by atoms with Crippen LogP contribution in [0.1, 0.15) is 62.5 Å². The lowest BCUT2D eigenvalue weighted by Gasteiger charge is -2.31. The maximum Gasteiger partial charge on any atom is 0.344 e. The van der Waals surface area contributed by atoms with Gasteiger partial charge in [-0.2, -0.15) is 0 Å². The molecule has 1 saturated heterocycles. The van der Waals surface area contributed by atoms with E-state index in [0.717, 1.165) is 50.9 Å². The van der Waals surface area contributed by atoms with Crippen LogP contribution in [0.2, 0.25) is 0 Å². The number of pyridine rings is 1.